The van der Waals surface area contributed by atoms with Gasteiger partial charge in [0.15, 0.2) is 0 Å². The first-order valence-corrected chi connectivity index (χ1v) is 7.34. The van der Waals surface area contributed by atoms with E-state index in [1.165, 1.54) is 0 Å². The van der Waals surface area contributed by atoms with E-state index in [2.05, 4.69) is 12.2 Å². The molecule has 5 heteroatoms. The van der Waals surface area contributed by atoms with Crippen LogP contribution in [0, 0.1) is 5.92 Å². The van der Waals surface area contributed by atoms with Gasteiger partial charge in [-0.05, 0) is 50.4 Å². The van der Waals surface area contributed by atoms with Gasteiger partial charge in [-0.1, -0.05) is 13.0 Å². The summed E-state index contributed by atoms with van der Waals surface area (Å²) in [4.78, 5) is 23.5. The predicted octanol–water partition coefficient (Wildman–Crippen LogP) is 2.57. The van der Waals surface area contributed by atoms with Crippen molar-refractivity contribution in [3.63, 3.8) is 0 Å². The lowest BCUT2D eigenvalue weighted by Gasteiger charge is -2.10. The van der Waals surface area contributed by atoms with E-state index in [4.69, 9.17) is 10.5 Å². The highest BCUT2D eigenvalue weighted by molar-refractivity contribution is 5.94. The third-order valence-electron chi connectivity index (χ3n) is 3.18. The molecule has 21 heavy (non-hydrogen) atoms. The van der Waals surface area contributed by atoms with E-state index in [0.29, 0.717) is 36.7 Å². The summed E-state index contributed by atoms with van der Waals surface area (Å²) < 4.78 is 4.93. The van der Waals surface area contributed by atoms with Crippen LogP contribution in [0.15, 0.2) is 24.3 Å². The number of carbonyl (C=O) groups is 2. The highest BCUT2D eigenvalue weighted by Gasteiger charge is 2.09. The second kappa shape index (κ2) is 9.13. The molecule has 0 fully saturated rings. The molecule has 1 aromatic carbocycles. The SMILES string of the molecule is CCOC(=O)c1cccc(NC(=O)CCC(C)CCN)c1. The number of hydrogen-bond donors (Lipinski definition) is 2. The van der Waals surface area contributed by atoms with Crippen LogP contribution in [0.1, 0.15) is 43.5 Å². The van der Waals surface area contributed by atoms with E-state index in [-0.39, 0.29) is 11.9 Å². The second-order valence-corrected chi connectivity index (χ2v) is 5.07. The number of anilines is 1. The summed E-state index contributed by atoms with van der Waals surface area (Å²) in [6.45, 7) is 4.81. The molecule has 1 unspecified atom stereocenters. The predicted molar refractivity (Wildman–Crippen MR) is 83.1 cm³/mol. The average molecular weight is 292 g/mol. The smallest absolute Gasteiger partial charge is 0.338 e. The van der Waals surface area contributed by atoms with Crippen molar-refractivity contribution in [1.82, 2.24) is 0 Å². The van der Waals surface area contributed by atoms with Gasteiger partial charge in [-0.2, -0.15) is 0 Å². The Hall–Kier alpha value is -1.88. The molecule has 0 aliphatic carbocycles. The van der Waals surface area contributed by atoms with Gasteiger partial charge in [-0.3, -0.25) is 4.79 Å². The molecule has 0 bridgehead atoms. The number of nitrogens with two attached hydrogens (primary N) is 1. The molecule has 1 amide bonds. The lowest BCUT2D eigenvalue weighted by molar-refractivity contribution is -0.116. The summed E-state index contributed by atoms with van der Waals surface area (Å²) in [7, 11) is 0. The van der Waals surface area contributed by atoms with Gasteiger partial charge < -0.3 is 15.8 Å². The van der Waals surface area contributed by atoms with Crippen LogP contribution in [-0.2, 0) is 9.53 Å². The monoisotopic (exact) mass is 292 g/mol. The van der Waals surface area contributed by atoms with Crippen molar-refractivity contribution in [2.45, 2.75) is 33.1 Å². The van der Waals surface area contributed by atoms with Crippen LogP contribution in [0.4, 0.5) is 5.69 Å². The van der Waals surface area contributed by atoms with Crippen LogP contribution in [0.5, 0.6) is 0 Å². The molecule has 0 heterocycles. The second-order valence-electron chi connectivity index (χ2n) is 5.07. The molecule has 0 aliphatic heterocycles. The lowest BCUT2D eigenvalue weighted by Crippen LogP contribution is -2.14. The summed E-state index contributed by atoms with van der Waals surface area (Å²) in [5.41, 5.74) is 6.53. The summed E-state index contributed by atoms with van der Waals surface area (Å²) in [5.74, 6) is -0.00309. The van der Waals surface area contributed by atoms with Crippen molar-refractivity contribution < 1.29 is 14.3 Å². The number of hydrogen-bond acceptors (Lipinski definition) is 4. The van der Waals surface area contributed by atoms with Gasteiger partial charge in [0.05, 0.1) is 12.2 Å². The normalized spacial score (nSPS) is 11.8. The van der Waals surface area contributed by atoms with Gasteiger partial charge in [0.2, 0.25) is 5.91 Å². The fraction of sp³-hybridized carbons (Fsp3) is 0.500. The molecule has 0 saturated heterocycles. The van der Waals surface area contributed by atoms with E-state index < -0.39 is 0 Å². The van der Waals surface area contributed by atoms with Gasteiger partial charge in [0.25, 0.3) is 0 Å². The Bertz CT molecular complexity index is 474. The summed E-state index contributed by atoms with van der Waals surface area (Å²) >= 11 is 0. The summed E-state index contributed by atoms with van der Waals surface area (Å²) in [6, 6.07) is 6.76. The number of esters is 1. The van der Waals surface area contributed by atoms with Crippen LogP contribution < -0.4 is 11.1 Å². The first kappa shape index (κ1) is 17.2. The fourth-order valence-electron chi connectivity index (χ4n) is 1.97. The van der Waals surface area contributed by atoms with Gasteiger partial charge in [-0.15, -0.1) is 0 Å². The molecule has 0 spiro atoms. The third-order valence-corrected chi connectivity index (χ3v) is 3.18. The molecule has 5 nitrogen and oxygen atoms in total. The zero-order chi connectivity index (χ0) is 15.7. The van der Waals surface area contributed by atoms with Crippen molar-refractivity contribution in [1.29, 1.82) is 0 Å². The Morgan fingerprint density at radius 2 is 2.10 bits per heavy atom. The highest BCUT2D eigenvalue weighted by Crippen LogP contribution is 2.14. The van der Waals surface area contributed by atoms with Crippen molar-refractivity contribution in [3.05, 3.63) is 29.8 Å². The minimum Gasteiger partial charge on any atom is -0.462 e. The molecule has 1 rings (SSSR count). The number of benzene rings is 1. The van der Waals surface area contributed by atoms with Gasteiger partial charge >= 0.3 is 5.97 Å². The number of rotatable bonds is 8. The first-order chi connectivity index (χ1) is 10.1. The highest BCUT2D eigenvalue weighted by atomic mass is 16.5. The zero-order valence-electron chi connectivity index (χ0n) is 12.7. The number of carbonyl (C=O) groups excluding carboxylic acids is 2. The van der Waals surface area contributed by atoms with Gasteiger partial charge in [0, 0.05) is 12.1 Å². The molecule has 0 radical (unpaired) electrons. The quantitative estimate of drug-likeness (QED) is 0.721. The standard InChI is InChI=1S/C16H24N2O3/c1-3-21-16(20)13-5-4-6-14(11-13)18-15(19)8-7-12(2)9-10-17/h4-6,11-12H,3,7-10,17H2,1-2H3,(H,18,19). The Morgan fingerprint density at radius 1 is 1.33 bits per heavy atom. The van der Waals surface area contributed by atoms with Gasteiger partial charge in [-0.25, -0.2) is 4.79 Å². The van der Waals surface area contributed by atoms with Crippen molar-refractivity contribution in [2.75, 3.05) is 18.5 Å². The van der Waals surface area contributed by atoms with Crippen LogP contribution in [-0.4, -0.2) is 25.0 Å². The van der Waals surface area contributed by atoms with E-state index in [0.717, 1.165) is 12.8 Å². The van der Waals surface area contributed by atoms with Crippen LogP contribution in [0.2, 0.25) is 0 Å². The third kappa shape index (κ3) is 6.40. The Morgan fingerprint density at radius 3 is 2.76 bits per heavy atom. The van der Waals surface area contributed by atoms with E-state index in [1.54, 1.807) is 31.2 Å². The molecule has 0 aliphatic rings. The Balaban J connectivity index is 2.52. The van der Waals surface area contributed by atoms with Crippen LogP contribution >= 0.6 is 0 Å². The fourth-order valence-corrected chi connectivity index (χ4v) is 1.97. The average Bonchev–Trinajstić information content (AvgIpc) is 2.46. The maximum absolute atomic E-state index is 11.9. The first-order valence-electron chi connectivity index (χ1n) is 7.34. The van der Waals surface area contributed by atoms with Gasteiger partial charge in [0.1, 0.15) is 0 Å². The molecule has 1 atom stereocenters. The molecular formula is C16H24N2O3. The summed E-state index contributed by atoms with van der Waals surface area (Å²) in [6.07, 6.45) is 2.18. The van der Waals surface area contributed by atoms with Crippen molar-refractivity contribution >= 4 is 17.6 Å². The van der Waals surface area contributed by atoms with Crippen molar-refractivity contribution in [3.8, 4) is 0 Å². The Kier molecular flexibility index (Phi) is 7.46. The van der Waals surface area contributed by atoms with Crippen LogP contribution in [0.3, 0.4) is 0 Å². The minimum atomic E-state index is -0.384. The maximum atomic E-state index is 11.9. The zero-order valence-corrected chi connectivity index (χ0v) is 12.7. The minimum absolute atomic E-state index is 0.0557. The van der Waals surface area contributed by atoms with E-state index >= 15 is 0 Å². The maximum Gasteiger partial charge on any atom is 0.338 e. The molecule has 116 valence electrons. The topological polar surface area (TPSA) is 81.4 Å². The largest absolute Gasteiger partial charge is 0.462 e. The van der Waals surface area contributed by atoms with Crippen molar-refractivity contribution in [2.24, 2.45) is 11.7 Å². The molecular weight excluding hydrogens is 268 g/mol. The number of amides is 1. The summed E-state index contributed by atoms with van der Waals surface area (Å²) in [5, 5.41) is 2.80. The molecule has 0 saturated carbocycles. The Labute approximate surface area is 125 Å². The molecule has 0 aromatic heterocycles. The van der Waals surface area contributed by atoms with Crippen LogP contribution in [0.25, 0.3) is 0 Å². The van der Waals surface area contributed by atoms with E-state index in [9.17, 15) is 9.59 Å². The number of ether oxygens (including phenoxy) is 1. The number of nitrogens with one attached hydrogen (secondary N) is 1. The lowest BCUT2D eigenvalue weighted by atomic mass is 10.0. The molecule has 3 N–H and O–H groups in total. The van der Waals surface area contributed by atoms with E-state index in [1.807, 2.05) is 0 Å². The molecule has 1 aromatic rings.